The van der Waals surface area contributed by atoms with Crippen LogP contribution in [0.1, 0.15) is 58.8 Å². The molecule has 2 atom stereocenters. The summed E-state index contributed by atoms with van der Waals surface area (Å²) < 4.78 is 5.25. The first-order valence-electron chi connectivity index (χ1n) is 6.66. The van der Waals surface area contributed by atoms with Crippen LogP contribution in [0.2, 0.25) is 0 Å². The van der Waals surface area contributed by atoms with Gasteiger partial charge in [-0.05, 0) is 26.2 Å². The molecular formula is C13H25NO2. The summed E-state index contributed by atoms with van der Waals surface area (Å²) in [6.07, 6.45) is 7.99. The van der Waals surface area contributed by atoms with Gasteiger partial charge in [-0.3, -0.25) is 4.79 Å². The smallest absolute Gasteiger partial charge is 0.323 e. The third kappa shape index (κ3) is 4.97. The normalized spacial score (nSPS) is 24.6. The minimum Gasteiger partial charge on any atom is -0.465 e. The van der Waals surface area contributed by atoms with Gasteiger partial charge in [0.05, 0.1) is 6.61 Å². The SMILES string of the molecule is CCCCCCCOC(=O)[C@@H]1CC[C@H](C)N1. The molecule has 0 aromatic carbocycles. The van der Waals surface area contributed by atoms with Crippen LogP contribution < -0.4 is 5.32 Å². The molecule has 0 unspecified atom stereocenters. The standard InChI is InChI=1S/C13H25NO2/c1-3-4-5-6-7-10-16-13(15)12-9-8-11(2)14-12/h11-12,14H,3-10H2,1-2H3/t11-,12-/m0/s1. The molecular weight excluding hydrogens is 202 g/mol. The molecule has 0 bridgehead atoms. The zero-order valence-corrected chi connectivity index (χ0v) is 10.6. The number of rotatable bonds is 7. The molecule has 0 aromatic heterocycles. The van der Waals surface area contributed by atoms with Gasteiger partial charge in [0, 0.05) is 6.04 Å². The van der Waals surface area contributed by atoms with Crippen molar-refractivity contribution in [2.45, 2.75) is 70.9 Å². The van der Waals surface area contributed by atoms with Gasteiger partial charge in [0.2, 0.25) is 0 Å². The van der Waals surface area contributed by atoms with E-state index in [1.165, 1.54) is 25.7 Å². The number of ether oxygens (including phenoxy) is 1. The van der Waals surface area contributed by atoms with E-state index in [0.29, 0.717) is 12.6 Å². The van der Waals surface area contributed by atoms with Crippen molar-refractivity contribution in [2.24, 2.45) is 0 Å². The van der Waals surface area contributed by atoms with Gasteiger partial charge in [-0.25, -0.2) is 0 Å². The predicted octanol–water partition coefficient (Wildman–Crippen LogP) is 2.64. The molecule has 0 saturated carbocycles. The van der Waals surface area contributed by atoms with Gasteiger partial charge in [0.1, 0.15) is 6.04 Å². The maximum Gasteiger partial charge on any atom is 0.323 e. The number of carbonyl (C=O) groups excluding carboxylic acids is 1. The minimum absolute atomic E-state index is 0.0503. The molecule has 1 rings (SSSR count). The fourth-order valence-corrected chi connectivity index (χ4v) is 2.09. The van der Waals surface area contributed by atoms with Crippen LogP contribution in [0, 0.1) is 0 Å². The number of hydrogen-bond donors (Lipinski definition) is 1. The summed E-state index contributed by atoms with van der Waals surface area (Å²) in [7, 11) is 0. The number of nitrogens with one attached hydrogen (secondary N) is 1. The van der Waals surface area contributed by atoms with Crippen LogP contribution >= 0.6 is 0 Å². The van der Waals surface area contributed by atoms with Gasteiger partial charge in [-0.15, -0.1) is 0 Å². The molecule has 16 heavy (non-hydrogen) atoms. The molecule has 3 heteroatoms. The van der Waals surface area contributed by atoms with E-state index in [-0.39, 0.29) is 12.0 Å². The van der Waals surface area contributed by atoms with Crippen LogP contribution in [0.5, 0.6) is 0 Å². The lowest BCUT2D eigenvalue weighted by atomic mass is 10.2. The summed E-state index contributed by atoms with van der Waals surface area (Å²) in [5, 5.41) is 3.24. The van der Waals surface area contributed by atoms with E-state index in [1.54, 1.807) is 0 Å². The molecule has 3 nitrogen and oxygen atoms in total. The Labute approximate surface area is 98.9 Å². The highest BCUT2D eigenvalue weighted by Gasteiger charge is 2.27. The first kappa shape index (κ1) is 13.5. The van der Waals surface area contributed by atoms with Gasteiger partial charge in [0.25, 0.3) is 0 Å². The Bertz CT molecular complexity index is 206. The van der Waals surface area contributed by atoms with Crippen molar-refractivity contribution < 1.29 is 9.53 Å². The molecule has 1 aliphatic rings. The van der Waals surface area contributed by atoms with Gasteiger partial charge in [-0.1, -0.05) is 32.6 Å². The Morgan fingerprint density at radius 2 is 2.00 bits per heavy atom. The Kier molecular flexibility index (Phi) is 6.46. The second-order valence-electron chi connectivity index (χ2n) is 4.78. The van der Waals surface area contributed by atoms with Crippen molar-refractivity contribution in [2.75, 3.05) is 6.61 Å². The molecule has 0 aromatic rings. The van der Waals surface area contributed by atoms with Crippen LogP contribution in [-0.2, 0) is 9.53 Å². The summed E-state index contributed by atoms with van der Waals surface area (Å²) in [6.45, 7) is 4.90. The predicted molar refractivity (Wildman–Crippen MR) is 65.3 cm³/mol. The van der Waals surface area contributed by atoms with Crippen molar-refractivity contribution in [1.82, 2.24) is 5.32 Å². The lowest BCUT2D eigenvalue weighted by Gasteiger charge is -2.11. The maximum absolute atomic E-state index is 11.6. The molecule has 94 valence electrons. The molecule has 1 N–H and O–H groups in total. The van der Waals surface area contributed by atoms with Crippen molar-refractivity contribution in [3.8, 4) is 0 Å². The topological polar surface area (TPSA) is 38.3 Å². The minimum atomic E-state index is -0.0557. The Morgan fingerprint density at radius 3 is 2.62 bits per heavy atom. The fraction of sp³-hybridized carbons (Fsp3) is 0.923. The third-order valence-electron chi connectivity index (χ3n) is 3.15. The van der Waals surface area contributed by atoms with E-state index in [4.69, 9.17) is 4.74 Å². The summed E-state index contributed by atoms with van der Waals surface area (Å²) in [6, 6.07) is 0.410. The summed E-state index contributed by atoms with van der Waals surface area (Å²) in [4.78, 5) is 11.6. The van der Waals surface area contributed by atoms with Gasteiger partial charge >= 0.3 is 5.97 Å². The third-order valence-corrected chi connectivity index (χ3v) is 3.15. The zero-order valence-electron chi connectivity index (χ0n) is 10.6. The first-order chi connectivity index (χ1) is 7.74. The number of esters is 1. The monoisotopic (exact) mass is 227 g/mol. The van der Waals surface area contributed by atoms with E-state index in [0.717, 1.165) is 19.3 Å². The molecule has 0 aliphatic carbocycles. The van der Waals surface area contributed by atoms with E-state index in [9.17, 15) is 4.79 Å². The average molecular weight is 227 g/mol. The molecule has 0 amide bonds. The van der Waals surface area contributed by atoms with Gasteiger partial charge in [-0.2, -0.15) is 0 Å². The van der Waals surface area contributed by atoms with E-state index in [1.807, 2.05) is 0 Å². The van der Waals surface area contributed by atoms with Crippen molar-refractivity contribution >= 4 is 5.97 Å². The quantitative estimate of drug-likeness (QED) is 0.537. The Morgan fingerprint density at radius 1 is 1.25 bits per heavy atom. The van der Waals surface area contributed by atoms with Gasteiger partial charge < -0.3 is 10.1 Å². The fourth-order valence-electron chi connectivity index (χ4n) is 2.09. The average Bonchev–Trinajstić information content (AvgIpc) is 2.70. The highest BCUT2D eigenvalue weighted by molar-refractivity contribution is 5.76. The lowest BCUT2D eigenvalue weighted by Crippen LogP contribution is -2.35. The lowest BCUT2D eigenvalue weighted by molar-refractivity contribution is -0.145. The second-order valence-corrected chi connectivity index (χ2v) is 4.78. The summed E-state index contributed by atoms with van der Waals surface area (Å²) in [5.74, 6) is -0.0557. The highest BCUT2D eigenvalue weighted by atomic mass is 16.5. The highest BCUT2D eigenvalue weighted by Crippen LogP contribution is 2.13. The Hall–Kier alpha value is -0.570. The maximum atomic E-state index is 11.6. The molecule has 1 saturated heterocycles. The first-order valence-corrected chi connectivity index (χ1v) is 6.66. The van der Waals surface area contributed by atoms with Crippen LogP contribution in [0.4, 0.5) is 0 Å². The Balaban J connectivity index is 1.98. The second kappa shape index (κ2) is 7.66. The van der Waals surface area contributed by atoms with Crippen LogP contribution in [0.15, 0.2) is 0 Å². The van der Waals surface area contributed by atoms with Crippen molar-refractivity contribution in [1.29, 1.82) is 0 Å². The van der Waals surface area contributed by atoms with Crippen LogP contribution in [0.3, 0.4) is 0 Å². The van der Waals surface area contributed by atoms with Crippen molar-refractivity contribution in [3.05, 3.63) is 0 Å². The summed E-state index contributed by atoms with van der Waals surface area (Å²) in [5.41, 5.74) is 0. The molecule has 1 aliphatic heterocycles. The summed E-state index contributed by atoms with van der Waals surface area (Å²) >= 11 is 0. The van der Waals surface area contributed by atoms with E-state index >= 15 is 0 Å². The van der Waals surface area contributed by atoms with E-state index < -0.39 is 0 Å². The zero-order chi connectivity index (χ0) is 11.8. The van der Waals surface area contributed by atoms with Crippen LogP contribution in [-0.4, -0.2) is 24.7 Å². The van der Waals surface area contributed by atoms with E-state index in [2.05, 4.69) is 19.2 Å². The largest absolute Gasteiger partial charge is 0.465 e. The molecule has 0 radical (unpaired) electrons. The van der Waals surface area contributed by atoms with Crippen molar-refractivity contribution in [3.63, 3.8) is 0 Å². The molecule has 1 fully saturated rings. The van der Waals surface area contributed by atoms with Gasteiger partial charge in [0.15, 0.2) is 0 Å². The van der Waals surface area contributed by atoms with Crippen LogP contribution in [0.25, 0.3) is 0 Å². The molecule has 1 heterocycles. The molecule has 0 spiro atoms. The number of unbranched alkanes of at least 4 members (excludes halogenated alkanes) is 4. The number of hydrogen-bond acceptors (Lipinski definition) is 3. The number of carbonyl (C=O) groups is 1.